The van der Waals surface area contributed by atoms with Crippen molar-refractivity contribution in [1.82, 2.24) is 5.32 Å². The van der Waals surface area contributed by atoms with Crippen LogP contribution < -0.4 is 20.1 Å². The Kier molecular flexibility index (Phi) is 6.31. The van der Waals surface area contributed by atoms with E-state index in [1.165, 1.54) is 6.07 Å². The van der Waals surface area contributed by atoms with Crippen molar-refractivity contribution < 1.29 is 18.3 Å². The highest BCUT2D eigenvalue weighted by Gasteiger charge is 2.08. The van der Waals surface area contributed by atoms with Crippen molar-refractivity contribution in [1.29, 1.82) is 0 Å². The average Bonchev–Trinajstić information content (AvgIpc) is 2.56. The third kappa shape index (κ3) is 5.34. The van der Waals surface area contributed by atoms with Gasteiger partial charge in [0.05, 0.1) is 13.2 Å². The molecule has 0 radical (unpaired) electrons. The van der Waals surface area contributed by atoms with Gasteiger partial charge in [0.15, 0.2) is 16.7 Å². The molecule has 0 aromatic heterocycles. The molecule has 0 bridgehead atoms. The number of rotatable bonds is 6. The van der Waals surface area contributed by atoms with Gasteiger partial charge in [-0.3, -0.25) is 0 Å². The van der Waals surface area contributed by atoms with Crippen LogP contribution in [0, 0.1) is 11.6 Å². The van der Waals surface area contributed by atoms with Gasteiger partial charge < -0.3 is 20.1 Å². The fraction of sp³-hybridized carbons (Fsp3) is 0.235. The van der Waals surface area contributed by atoms with E-state index in [9.17, 15) is 8.78 Å². The molecule has 0 fully saturated rings. The molecule has 0 saturated heterocycles. The Balaban J connectivity index is 1.79. The van der Waals surface area contributed by atoms with E-state index in [4.69, 9.17) is 21.7 Å². The second-order valence-electron chi connectivity index (χ2n) is 5.11. The summed E-state index contributed by atoms with van der Waals surface area (Å²) in [7, 11) is 1.60. The minimum Gasteiger partial charge on any atom is -0.497 e. The number of halogens is 2. The van der Waals surface area contributed by atoms with Crippen LogP contribution in [0.2, 0.25) is 0 Å². The quantitative estimate of drug-likeness (QED) is 0.776. The number of hydrogen-bond donors (Lipinski definition) is 2. The fourth-order valence-electron chi connectivity index (χ4n) is 1.90. The van der Waals surface area contributed by atoms with Gasteiger partial charge in [-0.2, -0.15) is 0 Å². The van der Waals surface area contributed by atoms with Crippen LogP contribution in [0.3, 0.4) is 0 Å². The number of hydrogen-bond acceptors (Lipinski definition) is 3. The van der Waals surface area contributed by atoms with Crippen LogP contribution in [0.25, 0.3) is 0 Å². The smallest absolute Gasteiger partial charge is 0.171 e. The van der Waals surface area contributed by atoms with Crippen LogP contribution in [0.1, 0.15) is 6.92 Å². The molecular weight excluding hydrogens is 334 g/mol. The third-order valence-corrected chi connectivity index (χ3v) is 3.33. The molecule has 2 aromatic rings. The summed E-state index contributed by atoms with van der Waals surface area (Å²) >= 11 is 5.14. The predicted octanol–water partition coefficient (Wildman–Crippen LogP) is 3.73. The molecule has 0 aliphatic heterocycles. The number of ether oxygens (including phenoxy) is 2. The Bertz CT molecular complexity index is 695. The Morgan fingerprint density at radius 1 is 1.08 bits per heavy atom. The van der Waals surface area contributed by atoms with Gasteiger partial charge in [0.2, 0.25) is 0 Å². The molecule has 1 unspecified atom stereocenters. The van der Waals surface area contributed by atoms with E-state index in [1.54, 1.807) is 7.11 Å². The first-order valence-corrected chi connectivity index (χ1v) is 7.68. The Morgan fingerprint density at radius 3 is 2.38 bits per heavy atom. The number of benzene rings is 2. The minimum atomic E-state index is -0.932. The summed E-state index contributed by atoms with van der Waals surface area (Å²) in [5.41, 5.74) is 0.370. The molecule has 0 amide bonds. The summed E-state index contributed by atoms with van der Waals surface area (Å²) in [5.74, 6) is -0.367. The zero-order chi connectivity index (χ0) is 17.5. The van der Waals surface area contributed by atoms with Crippen molar-refractivity contribution in [3.8, 4) is 11.5 Å². The lowest BCUT2D eigenvalue weighted by Crippen LogP contribution is -2.39. The molecule has 0 spiro atoms. The summed E-state index contributed by atoms with van der Waals surface area (Å²) in [6, 6.07) is 10.6. The Labute approximate surface area is 144 Å². The summed E-state index contributed by atoms with van der Waals surface area (Å²) in [6.45, 7) is 2.27. The molecule has 2 N–H and O–H groups in total. The second kappa shape index (κ2) is 8.44. The highest BCUT2D eigenvalue weighted by molar-refractivity contribution is 7.80. The van der Waals surface area contributed by atoms with Crippen molar-refractivity contribution in [3.05, 3.63) is 54.1 Å². The molecule has 0 aliphatic carbocycles. The number of anilines is 1. The zero-order valence-electron chi connectivity index (χ0n) is 13.3. The van der Waals surface area contributed by atoms with Crippen LogP contribution >= 0.6 is 12.2 Å². The van der Waals surface area contributed by atoms with E-state index >= 15 is 0 Å². The van der Waals surface area contributed by atoms with E-state index < -0.39 is 11.6 Å². The Hall–Kier alpha value is -2.41. The van der Waals surface area contributed by atoms with Gasteiger partial charge in [0.1, 0.15) is 18.1 Å². The predicted molar refractivity (Wildman–Crippen MR) is 93.7 cm³/mol. The van der Waals surface area contributed by atoms with E-state index in [1.807, 2.05) is 31.2 Å². The molecule has 7 heteroatoms. The molecule has 4 nitrogen and oxygen atoms in total. The lowest BCUT2D eigenvalue weighted by Gasteiger charge is -2.18. The minimum absolute atomic E-state index is 0.0857. The normalized spacial score (nSPS) is 11.5. The van der Waals surface area contributed by atoms with Crippen LogP contribution in [0.5, 0.6) is 11.5 Å². The van der Waals surface area contributed by atoms with Crippen LogP contribution in [0.15, 0.2) is 42.5 Å². The zero-order valence-corrected chi connectivity index (χ0v) is 14.1. The fourth-order valence-corrected chi connectivity index (χ4v) is 2.22. The summed E-state index contributed by atoms with van der Waals surface area (Å²) in [6.07, 6.45) is 0. The second-order valence-corrected chi connectivity index (χ2v) is 5.52. The maximum absolute atomic E-state index is 13.1. The molecule has 0 saturated carbocycles. The van der Waals surface area contributed by atoms with E-state index in [0.29, 0.717) is 23.2 Å². The van der Waals surface area contributed by atoms with Crippen molar-refractivity contribution >= 4 is 23.0 Å². The van der Waals surface area contributed by atoms with Crippen molar-refractivity contribution in [2.45, 2.75) is 13.0 Å². The van der Waals surface area contributed by atoms with E-state index in [2.05, 4.69) is 10.6 Å². The monoisotopic (exact) mass is 352 g/mol. The van der Waals surface area contributed by atoms with Crippen LogP contribution in [-0.4, -0.2) is 24.9 Å². The van der Waals surface area contributed by atoms with Gasteiger partial charge >= 0.3 is 0 Å². The molecule has 2 rings (SSSR count). The van der Waals surface area contributed by atoms with Crippen LogP contribution in [0.4, 0.5) is 14.5 Å². The lowest BCUT2D eigenvalue weighted by molar-refractivity contribution is 0.286. The van der Waals surface area contributed by atoms with Gasteiger partial charge in [-0.05, 0) is 55.5 Å². The SMILES string of the molecule is COc1ccc(OCC(C)NC(=S)Nc2ccc(F)c(F)c2)cc1. The highest BCUT2D eigenvalue weighted by Crippen LogP contribution is 2.17. The van der Waals surface area contributed by atoms with E-state index in [0.717, 1.165) is 17.9 Å². The molecule has 1 atom stereocenters. The van der Waals surface area contributed by atoms with E-state index in [-0.39, 0.29) is 6.04 Å². The average molecular weight is 352 g/mol. The molecule has 0 aliphatic rings. The summed E-state index contributed by atoms with van der Waals surface area (Å²) in [5, 5.41) is 6.10. The largest absolute Gasteiger partial charge is 0.497 e. The number of thiocarbonyl (C=S) groups is 1. The first-order valence-electron chi connectivity index (χ1n) is 7.27. The first kappa shape index (κ1) is 17.9. The molecular formula is C17H18F2N2O2S. The Morgan fingerprint density at radius 2 is 1.75 bits per heavy atom. The maximum Gasteiger partial charge on any atom is 0.171 e. The van der Waals surface area contributed by atoms with Gasteiger partial charge in [-0.1, -0.05) is 0 Å². The maximum atomic E-state index is 13.1. The molecule has 128 valence electrons. The first-order chi connectivity index (χ1) is 11.5. The molecule has 2 aromatic carbocycles. The van der Waals surface area contributed by atoms with Crippen molar-refractivity contribution in [3.63, 3.8) is 0 Å². The van der Waals surface area contributed by atoms with Gasteiger partial charge in [0.25, 0.3) is 0 Å². The standard InChI is InChI=1S/C17H18F2N2O2S/c1-11(10-23-14-6-4-13(22-2)5-7-14)20-17(24)21-12-3-8-15(18)16(19)9-12/h3-9,11H,10H2,1-2H3,(H2,20,21,24). The molecule has 24 heavy (non-hydrogen) atoms. The van der Waals surface area contributed by atoms with Gasteiger partial charge in [-0.25, -0.2) is 8.78 Å². The number of nitrogens with one attached hydrogen (secondary N) is 2. The highest BCUT2D eigenvalue weighted by atomic mass is 32.1. The lowest BCUT2D eigenvalue weighted by atomic mass is 10.3. The van der Waals surface area contributed by atoms with Gasteiger partial charge in [-0.15, -0.1) is 0 Å². The molecule has 0 heterocycles. The third-order valence-electron chi connectivity index (χ3n) is 3.11. The summed E-state index contributed by atoms with van der Waals surface area (Å²) < 4.78 is 36.7. The number of methoxy groups -OCH3 is 1. The van der Waals surface area contributed by atoms with Crippen LogP contribution in [-0.2, 0) is 0 Å². The van der Waals surface area contributed by atoms with Gasteiger partial charge in [0, 0.05) is 11.8 Å². The van der Waals surface area contributed by atoms with Crippen molar-refractivity contribution in [2.75, 3.05) is 19.0 Å². The summed E-state index contributed by atoms with van der Waals surface area (Å²) in [4.78, 5) is 0. The van der Waals surface area contributed by atoms with Crippen molar-refractivity contribution in [2.24, 2.45) is 0 Å². The topological polar surface area (TPSA) is 42.5 Å².